The van der Waals surface area contributed by atoms with Crippen LogP contribution in [0.1, 0.15) is 27.1 Å². The number of nitrogen functional groups attached to an aromatic ring is 1. The van der Waals surface area contributed by atoms with Gasteiger partial charge in [0.25, 0.3) is 11.8 Å². The molecule has 2 aromatic heterocycles. The van der Waals surface area contributed by atoms with Crippen molar-refractivity contribution < 1.29 is 9.59 Å². The number of H-pyrrole nitrogens is 1. The summed E-state index contributed by atoms with van der Waals surface area (Å²) in [6.07, 6.45) is 5.28. The van der Waals surface area contributed by atoms with Gasteiger partial charge in [0.1, 0.15) is 0 Å². The molecule has 0 unspecified atom stereocenters. The first kappa shape index (κ1) is 16.1. The first-order chi connectivity index (χ1) is 12.6. The number of fused-ring (bicyclic) bond motifs is 1. The second kappa shape index (κ2) is 6.47. The smallest absolute Gasteiger partial charge is 0.254 e. The average molecular weight is 350 g/mol. The highest BCUT2D eigenvalue weighted by Crippen LogP contribution is 2.18. The van der Waals surface area contributed by atoms with Crippen LogP contribution >= 0.6 is 0 Å². The minimum Gasteiger partial charge on any atom is -0.397 e. The van der Waals surface area contributed by atoms with E-state index in [1.165, 1.54) is 12.4 Å². The van der Waals surface area contributed by atoms with E-state index in [4.69, 9.17) is 5.73 Å². The summed E-state index contributed by atoms with van der Waals surface area (Å²) in [7, 11) is 0. The van der Waals surface area contributed by atoms with Gasteiger partial charge in [-0.15, -0.1) is 0 Å². The van der Waals surface area contributed by atoms with E-state index in [1.54, 1.807) is 29.4 Å². The topological polar surface area (TPSA) is 117 Å². The van der Waals surface area contributed by atoms with E-state index in [1.807, 2.05) is 6.07 Å². The highest BCUT2D eigenvalue weighted by atomic mass is 16.2. The third-order valence-electron chi connectivity index (χ3n) is 4.57. The van der Waals surface area contributed by atoms with E-state index < -0.39 is 0 Å². The van der Waals surface area contributed by atoms with Crippen LogP contribution in [0.3, 0.4) is 0 Å². The first-order valence-corrected chi connectivity index (χ1v) is 8.34. The second-order valence-electron chi connectivity index (χ2n) is 6.31. The highest BCUT2D eigenvalue weighted by molar-refractivity contribution is 5.99. The number of rotatable bonds is 3. The average Bonchev–Trinajstić information content (AvgIpc) is 3.30. The number of hydrogen-bond acceptors (Lipinski definition) is 5. The first-order valence-electron chi connectivity index (χ1n) is 8.34. The van der Waals surface area contributed by atoms with E-state index in [9.17, 15) is 9.59 Å². The van der Waals surface area contributed by atoms with E-state index >= 15 is 0 Å². The molecule has 1 aliphatic heterocycles. The van der Waals surface area contributed by atoms with Crippen molar-refractivity contribution in [2.45, 2.75) is 12.5 Å². The Kier molecular flexibility index (Phi) is 4.00. The van der Waals surface area contributed by atoms with Crippen LogP contribution in [0.5, 0.6) is 0 Å². The molecule has 3 aromatic rings. The van der Waals surface area contributed by atoms with Gasteiger partial charge in [-0.1, -0.05) is 0 Å². The molecule has 1 fully saturated rings. The normalized spacial score (nSPS) is 16.8. The molecule has 26 heavy (non-hydrogen) atoms. The molecule has 2 amide bonds. The number of benzene rings is 1. The summed E-state index contributed by atoms with van der Waals surface area (Å²) in [5, 5.41) is 2.94. The molecule has 1 aromatic carbocycles. The summed E-state index contributed by atoms with van der Waals surface area (Å²) in [5.41, 5.74) is 8.78. The number of pyridine rings is 1. The minimum absolute atomic E-state index is 0.0540. The van der Waals surface area contributed by atoms with Crippen molar-refractivity contribution in [3.05, 3.63) is 54.1 Å². The summed E-state index contributed by atoms with van der Waals surface area (Å²) in [6, 6.07) is 6.88. The molecule has 1 atom stereocenters. The number of hydrogen-bond donors (Lipinski definition) is 3. The van der Waals surface area contributed by atoms with Gasteiger partial charge in [0.2, 0.25) is 0 Å². The molecule has 0 spiro atoms. The molecule has 1 aliphatic rings. The highest BCUT2D eigenvalue weighted by Gasteiger charge is 2.28. The lowest BCUT2D eigenvalue weighted by Gasteiger charge is -2.17. The Balaban J connectivity index is 1.42. The van der Waals surface area contributed by atoms with Crippen molar-refractivity contribution in [1.82, 2.24) is 25.2 Å². The fourth-order valence-electron chi connectivity index (χ4n) is 3.19. The summed E-state index contributed by atoms with van der Waals surface area (Å²) in [5.74, 6) is -0.301. The number of aromatic amines is 1. The second-order valence-corrected chi connectivity index (χ2v) is 6.31. The van der Waals surface area contributed by atoms with Gasteiger partial charge in [0.15, 0.2) is 0 Å². The van der Waals surface area contributed by atoms with Crippen molar-refractivity contribution >= 4 is 28.5 Å². The number of carbonyl (C=O) groups is 2. The van der Waals surface area contributed by atoms with Gasteiger partial charge < -0.3 is 20.9 Å². The summed E-state index contributed by atoms with van der Waals surface area (Å²) in [4.78, 5) is 37.9. The van der Waals surface area contributed by atoms with E-state index in [-0.39, 0.29) is 17.9 Å². The molecule has 0 bridgehead atoms. The fourth-order valence-corrected chi connectivity index (χ4v) is 3.19. The van der Waals surface area contributed by atoms with Crippen LogP contribution in [0.15, 0.2) is 43.0 Å². The standard InChI is InChI=1S/C18H18N6O2/c19-14-8-20-5-3-13(14)17(25)23-12-4-6-24(9-12)18(26)11-1-2-15-16(7-11)22-10-21-15/h1-3,5,7-8,10,12H,4,6,9,19H2,(H,21,22)(H,23,25)/t12-/m1/s1. The largest absolute Gasteiger partial charge is 0.397 e. The number of nitrogens with zero attached hydrogens (tertiary/aromatic N) is 3. The Bertz CT molecular complexity index is 982. The Hall–Kier alpha value is -3.42. The van der Waals surface area contributed by atoms with E-state index in [0.29, 0.717) is 36.3 Å². The molecule has 0 radical (unpaired) electrons. The van der Waals surface area contributed by atoms with Gasteiger partial charge in [-0.2, -0.15) is 0 Å². The van der Waals surface area contributed by atoms with E-state index in [0.717, 1.165) is 11.0 Å². The third kappa shape index (κ3) is 2.97. The van der Waals surface area contributed by atoms with Crippen molar-refractivity contribution in [2.24, 2.45) is 0 Å². The van der Waals surface area contributed by atoms with Gasteiger partial charge in [-0.3, -0.25) is 14.6 Å². The molecule has 8 nitrogen and oxygen atoms in total. The van der Waals surface area contributed by atoms with Gasteiger partial charge in [-0.05, 0) is 30.7 Å². The Morgan fingerprint density at radius 2 is 2.19 bits per heavy atom. The van der Waals surface area contributed by atoms with Crippen LogP contribution in [-0.2, 0) is 0 Å². The molecule has 1 saturated heterocycles. The monoisotopic (exact) mass is 350 g/mol. The van der Waals surface area contributed by atoms with Crippen LogP contribution < -0.4 is 11.1 Å². The van der Waals surface area contributed by atoms with Crippen LogP contribution in [0.2, 0.25) is 0 Å². The maximum Gasteiger partial charge on any atom is 0.254 e. The summed E-state index contributed by atoms with van der Waals surface area (Å²) >= 11 is 0. The zero-order chi connectivity index (χ0) is 18.1. The van der Waals surface area contributed by atoms with Crippen LogP contribution in [0.4, 0.5) is 5.69 Å². The summed E-state index contributed by atoms with van der Waals surface area (Å²) in [6.45, 7) is 1.06. The fraction of sp³-hybridized carbons (Fsp3) is 0.222. The Morgan fingerprint density at radius 1 is 1.31 bits per heavy atom. The molecule has 8 heteroatoms. The Labute approximate surface area is 149 Å². The Morgan fingerprint density at radius 3 is 3.04 bits per heavy atom. The van der Waals surface area contributed by atoms with Crippen molar-refractivity contribution in [3.63, 3.8) is 0 Å². The lowest BCUT2D eigenvalue weighted by Crippen LogP contribution is -2.38. The number of aromatic nitrogens is 3. The third-order valence-corrected chi connectivity index (χ3v) is 4.57. The zero-order valence-electron chi connectivity index (χ0n) is 14.0. The van der Waals surface area contributed by atoms with Crippen molar-refractivity contribution in [3.8, 4) is 0 Å². The maximum atomic E-state index is 12.7. The van der Waals surface area contributed by atoms with Gasteiger partial charge in [0.05, 0.1) is 34.8 Å². The molecular weight excluding hydrogens is 332 g/mol. The molecule has 0 aliphatic carbocycles. The van der Waals surface area contributed by atoms with Gasteiger partial charge in [0, 0.05) is 30.9 Å². The maximum absolute atomic E-state index is 12.7. The van der Waals surface area contributed by atoms with Crippen molar-refractivity contribution in [1.29, 1.82) is 0 Å². The molecule has 4 N–H and O–H groups in total. The lowest BCUT2D eigenvalue weighted by atomic mass is 10.1. The van der Waals surface area contributed by atoms with Gasteiger partial charge >= 0.3 is 0 Å². The SMILES string of the molecule is Nc1cnccc1C(=O)N[C@@H]1CCN(C(=O)c2ccc3nc[nH]c3c2)C1. The number of carbonyl (C=O) groups excluding carboxylic acids is 2. The van der Waals surface area contributed by atoms with Crippen LogP contribution in [0.25, 0.3) is 11.0 Å². The van der Waals surface area contributed by atoms with Crippen LogP contribution in [0, 0.1) is 0 Å². The molecule has 3 heterocycles. The number of nitrogens with two attached hydrogens (primary N) is 1. The minimum atomic E-state index is -0.247. The quantitative estimate of drug-likeness (QED) is 0.656. The van der Waals surface area contributed by atoms with E-state index in [2.05, 4.69) is 20.3 Å². The number of nitrogens with one attached hydrogen (secondary N) is 2. The number of likely N-dealkylation sites (tertiary alicyclic amines) is 1. The van der Waals surface area contributed by atoms with Gasteiger partial charge in [-0.25, -0.2) is 4.98 Å². The number of amides is 2. The predicted molar refractivity (Wildman–Crippen MR) is 96.5 cm³/mol. The molecule has 4 rings (SSSR count). The lowest BCUT2D eigenvalue weighted by molar-refractivity contribution is 0.0783. The number of imidazole rings is 1. The molecule has 132 valence electrons. The van der Waals surface area contributed by atoms with Crippen LogP contribution in [-0.4, -0.2) is 50.8 Å². The molecular formula is C18H18N6O2. The number of anilines is 1. The summed E-state index contributed by atoms with van der Waals surface area (Å²) < 4.78 is 0. The predicted octanol–water partition coefficient (Wildman–Crippen LogP) is 1.18. The van der Waals surface area contributed by atoms with Crippen molar-refractivity contribution in [2.75, 3.05) is 18.8 Å². The molecule has 0 saturated carbocycles. The zero-order valence-corrected chi connectivity index (χ0v) is 14.0.